The molecule has 16 heavy (non-hydrogen) atoms. The fourth-order valence-electron chi connectivity index (χ4n) is 1.47. The molecule has 0 amide bonds. The van der Waals surface area contributed by atoms with E-state index in [0.29, 0.717) is 6.61 Å². The fourth-order valence-corrected chi connectivity index (χ4v) is 1.47. The molecule has 3 heteroatoms. The quantitative estimate of drug-likeness (QED) is 0.355. The van der Waals surface area contributed by atoms with Crippen LogP contribution in [0, 0.1) is 0 Å². The lowest BCUT2D eigenvalue weighted by molar-refractivity contribution is -0.137. The molecule has 0 bridgehead atoms. The number of ether oxygens (including phenoxy) is 1. The summed E-state index contributed by atoms with van der Waals surface area (Å²) in [5, 5.41) is 9.56. The molecule has 0 radical (unpaired) electrons. The smallest absolute Gasteiger partial charge is 0.330 e. The summed E-state index contributed by atoms with van der Waals surface area (Å²) in [6.45, 7) is 5.90. The van der Waals surface area contributed by atoms with Crippen molar-refractivity contribution in [2.24, 2.45) is 0 Å². The van der Waals surface area contributed by atoms with Gasteiger partial charge in [0.2, 0.25) is 0 Å². The minimum Gasteiger partial charge on any atom is -0.463 e. The first kappa shape index (κ1) is 15.2. The molecule has 1 unspecified atom stereocenters. The molecule has 0 fully saturated rings. The third-order valence-electron chi connectivity index (χ3n) is 2.48. The first-order valence-electron chi connectivity index (χ1n) is 6.18. The molecule has 3 nitrogen and oxygen atoms in total. The van der Waals surface area contributed by atoms with Gasteiger partial charge in [0, 0.05) is 6.08 Å². The van der Waals surface area contributed by atoms with Crippen LogP contribution in [0.2, 0.25) is 0 Å². The second-order valence-electron chi connectivity index (χ2n) is 4.02. The van der Waals surface area contributed by atoms with Crippen LogP contribution >= 0.6 is 0 Å². The second kappa shape index (κ2) is 10.7. The van der Waals surface area contributed by atoms with Gasteiger partial charge in [-0.3, -0.25) is 0 Å². The topological polar surface area (TPSA) is 46.5 Å². The van der Waals surface area contributed by atoms with Crippen LogP contribution in [-0.2, 0) is 9.53 Å². The maximum absolute atomic E-state index is 10.7. The van der Waals surface area contributed by atoms with E-state index in [1.807, 2.05) is 0 Å². The van der Waals surface area contributed by atoms with Crippen molar-refractivity contribution in [1.82, 2.24) is 0 Å². The van der Waals surface area contributed by atoms with Gasteiger partial charge in [0.1, 0.15) is 0 Å². The summed E-state index contributed by atoms with van der Waals surface area (Å²) in [6.07, 6.45) is 7.86. The largest absolute Gasteiger partial charge is 0.463 e. The summed E-state index contributed by atoms with van der Waals surface area (Å²) >= 11 is 0. The van der Waals surface area contributed by atoms with Gasteiger partial charge in [-0.05, 0) is 25.7 Å². The molecule has 1 atom stereocenters. The van der Waals surface area contributed by atoms with Crippen molar-refractivity contribution in [3.05, 3.63) is 12.7 Å². The molecule has 0 saturated carbocycles. The Morgan fingerprint density at radius 1 is 1.31 bits per heavy atom. The summed E-state index contributed by atoms with van der Waals surface area (Å²) < 4.78 is 4.84. The summed E-state index contributed by atoms with van der Waals surface area (Å²) in [5.74, 6) is -0.358. The summed E-state index contributed by atoms with van der Waals surface area (Å²) in [4.78, 5) is 10.7. The maximum atomic E-state index is 10.7. The monoisotopic (exact) mass is 228 g/mol. The number of hydrogen-bond donors (Lipinski definition) is 1. The average molecular weight is 228 g/mol. The van der Waals surface area contributed by atoms with E-state index in [1.54, 1.807) is 0 Å². The SMILES string of the molecule is C=CC(=O)OCCCCCC(O)CCCC. The number of rotatable bonds is 10. The minimum atomic E-state index is -0.358. The van der Waals surface area contributed by atoms with Gasteiger partial charge in [-0.25, -0.2) is 4.79 Å². The van der Waals surface area contributed by atoms with Gasteiger partial charge in [-0.2, -0.15) is 0 Å². The number of hydrogen-bond acceptors (Lipinski definition) is 3. The number of carbonyl (C=O) groups excluding carboxylic acids is 1. The van der Waals surface area contributed by atoms with E-state index in [4.69, 9.17) is 4.74 Å². The van der Waals surface area contributed by atoms with E-state index in [1.165, 1.54) is 6.08 Å². The summed E-state index contributed by atoms with van der Waals surface area (Å²) in [5.41, 5.74) is 0. The Morgan fingerprint density at radius 2 is 2.00 bits per heavy atom. The minimum absolute atomic E-state index is 0.157. The van der Waals surface area contributed by atoms with Crippen LogP contribution in [0.3, 0.4) is 0 Å². The van der Waals surface area contributed by atoms with E-state index in [9.17, 15) is 9.90 Å². The highest BCUT2D eigenvalue weighted by molar-refractivity contribution is 5.81. The van der Waals surface area contributed by atoms with Crippen molar-refractivity contribution in [2.45, 2.75) is 58.0 Å². The molecule has 0 aliphatic rings. The first-order valence-corrected chi connectivity index (χ1v) is 6.18. The van der Waals surface area contributed by atoms with E-state index in [-0.39, 0.29) is 12.1 Å². The summed E-state index contributed by atoms with van der Waals surface area (Å²) in [6, 6.07) is 0. The fraction of sp³-hybridized carbons (Fsp3) is 0.769. The van der Waals surface area contributed by atoms with Crippen LogP contribution in [0.4, 0.5) is 0 Å². The van der Waals surface area contributed by atoms with Gasteiger partial charge in [0.25, 0.3) is 0 Å². The molecule has 94 valence electrons. The highest BCUT2D eigenvalue weighted by Crippen LogP contribution is 2.09. The molecule has 1 N–H and O–H groups in total. The van der Waals surface area contributed by atoms with Gasteiger partial charge in [-0.1, -0.05) is 32.8 Å². The molecule has 0 aliphatic carbocycles. The van der Waals surface area contributed by atoms with Gasteiger partial charge in [0.05, 0.1) is 12.7 Å². The molecule has 0 spiro atoms. The molecule has 0 aromatic rings. The van der Waals surface area contributed by atoms with Crippen molar-refractivity contribution in [1.29, 1.82) is 0 Å². The van der Waals surface area contributed by atoms with Crippen LogP contribution < -0.4 is 0 Å². The second-order valence-corrected chi connectivity index (χ2v) is 4.02. The lowest BCUT2D eigenvalue weighted by Gasteiger charge is -2.09. The molecule has 0 heterocycles. The Balaban J connectivity index is 3.20. The normalized spacial score (nSPS) is 12.1. The predicted molar refractivity (Wildman–Crippen MR) is 65.2 cm³/mol. The van der Waals surface area contributed by atoms with E-state index < -0.39 is 0 Å². The van der Waals surface area contributed by atoms with Crippen LogP contribution in [0.25, 0.3) is 0 Å². The zero-order valence-corrected chi connectivity index (χ0v) is 10.3. The van der Waals surface area contributed by atoms with Gasteiger partial charge < -0.3 is 9.84 Å². The molecule has 0 aromatic heterocycles. The molecular weight excluding hydrogens is 204 g/mol. The standard InChI is InChI=1S/C13H24O3/c1-3-5-9-12(14)10-7-6-8-11-16-13(15)4-2/h4,12,14H,2-3,5-11H2,1H3. The van der Waals surface area contributed by atoms with Crippen LogP contribution in [-0.4, -0.2) is 23.8 Å². The highest BCUT2D eigenvalue weighted by atomic mass is 16.5. The molecular formula is C13H24O3. The van der Waals surface area contributed by atoms with E-state index in [2.05, 4.69) is 13.5 Å². The maximum Gasteiger partial charge on any atom is 0.330 e. The lowest BCUT2D eigenvalue weighted by Crippen LogP contribution is -2.06. The Bertz CT molecular complexity index is 190. The lowest BCUT2D eigenvalue weighted by atomic mass is 10.1. The van der Waals surface area contributed by atoms with Crippen LogP contribution in [0.15, 0.2) is 12.7 Å². The highest BCUT2D eigenvalue weighted by Gasteiger charge is 2.02. The zero-order valence-electron chi connectivity index (χ0n) is 10.3. The van der Waals surface area contributed by atoms with Crippen molar-refractivity contribution in [3.8, 4) is 0 Å². The van der Waals surface area contributed by atoms with Gasteiger partial charge in [0.15, 0.2) is 0 Å². The predicted octanol–water partition coefficient (Wildman–Crippen LogP) is 2.83. The molecule has 0 saturated heterocycles. The van der Waals surface area contributed by atoms with Crippen LogP contribution in [0.5, 0.6) is 0 Å². The Kier molecular flexibility index (Phi) is 10.1. The third kappa shape index (κ3) is 9.71. The Hall–Kier alpha value is -0.830. The van der Waals surface area contributed by atoms with E-state index >= 15 is 0 Å². The van der Waals surface area contributed by atoms with Crippen molar-refractivity contribution < 1.29 is 14.6 Å². The Labute approximate surface area is 98.5 Å². The van der Waals surface area contributed by atoms with Gasteiger partial charge >= 0.3 is 5.97 Å². The number of aliphatic hydroxyl groups is 1. The number of carbonyl (C=O) groups is 1. The van der Waals surface area contributed by atoms with Crippen molar-refractivity contribution in [3.63, 3.8) is 0 Å². The molecule has 0 rings (SSSR count). The number of esters is 1. The molecule has 0 aliphatic heterocycles. The van der Waals surface area contributed by atoms with Gasteiger partial charge in [-0.15, -0.1) is 0 Å². The molecule has 0 aromatic carbocycles. The zero-order chi connectivity index (χ0) is 12.2. The summed E-state index contributed by atoms with van der Waals surface area (Å²) in [7, 11) is 0. The van der Waals surface area contributed by atoms with Crippen molar-refractivity contribution in [2.75, 3.05) is 6.61 Å². The first-order chi connectivity index (χ1) is 7.70. The number of unbranched alkanes of at least 4 members (excludes halogenated alkanes) is 3. The van der Waals surface area contributed by atoms with Crippen LogP contribution in [0.1, 0.15) is 51.9 Å². The van der Waals surface area contributed by atoms with Crippen molar-refractivity contribution >= 4 is 5.97 Å². The number of aliphatic hydroxyl groups excluding tert-OH is 1. The van der Waals surface area contributed by atoms with E-state index in [0.717, 1.165) is 44.9 Å². The average Bonchev–Trinajstić information content (AvgIpc) is 2.30. The third-order valence-corrected chi connectivity index (χ3v) is 2.48. The Morgan fingerprint density at radius 3 is 2.62 bits per heavy atom.